The van der Waals surface area contributed by atoms with Gasteiger partial charge in [0.05, 0.1) is 12.0 Å². The van der Waals surface area contributed by atoms with E-state index in [0.717, 1.165) is 42.2 Å². The monoisotopic (exact) mass is 653 g/mol. The molecule has 4 nitrogen and oxygen atoms in total. The molecule has 0 aliphatic carbocycles. The van der Waals surface area contributed by atoms with Crippen LogP contribution in [0.5, 0.6) is 5.75 Å². The van der Waals surface area contributed by atoms with Gasteiger partial charge >= 0.3 is 0 Å². The first-order valence-corrected chi connectivity index (χ1v) is 12.3. The average molecular weight is 654 g/mol. The number of hydrogen-bond donors (Lipinski definition) is 0. The first kappa shape index (κ1) is 22.9. The second kappa shape index (κ2) is 10.0. The largest absolute Gasteiger partial charge is 0.487 e. The summed E-state index contributed by atoms with van der Waals surface area (Å²) in [6, 6.07) is 11.4. The van der Waals surface area contributed by atoms with Crippen molar-refractivity contribution in [2.45, 2.75) is 32.9 Å². The number of amides is 2. The SMILES string of the molecule is CC[C@@H](C)N1C(=O)S/C(=C/c2cc(I)c(OCc3ccccc3Cl)c(I)c2)C1=O. The molecular weight excluding hydrogens is 636 g/mol. The van der Waals surface area contributed by atoms with Crippen LogP contribution < -0.4 is 4.74 Å². The molecule has 1 fully saturated rings. The lowest BCUT2D eigenvalue weighted by Gasteiger charge is -2.19. The molecule has 1 heterocycles. The highest BCUT2D eigenvalue weighted by atomic mass is 127. The number of imide groups is 1. The summed E-state index contributed by atoms with van der Waals surface area (Å²) in [6.07, 6.45) is 2.51. The lowest BCUT2D eigenvalue weighted by atomic mass is 10.2. The summed E-state index contributed by atoms with van der Waals surface area (Å²) < 4.78 is 7.86. The van der Waals surface area contributed by atoms with Gasteiger partial charge in [-0.1, -0.05) is 36.7 Å². The van der Waals surface area contributed by atoms with Crippen LogP contribution >= 0.6 is 68.5 Å². The summed E-state index contributed by atoms with van der Waals surface area (Å²) >= 11 is 11.6. The van der Waals surface area contributed by atoms with E-state index in [0.29, 0.717) is 16.5 Å². The Morgan fingerprint density at radius 3 is 2.48 bits per heavy atom. The number of halogens is 3. The van der Waals surface area contributed by atoms with Gasteiger partial charge in [0.2, 0.25) is 0 Å². The maximum Gasteiger partial charge on any atom is 0.293 e. The molecule has 1 saturated heterocycles. The molecule has 3 rings (SSSR count). The number of thioether (sulfide) groups is 1. The fraction of sp³-hybridized carbons (Fsp3) is 0.238. The number of carbonyl (C=O) groups is 2. The van der Waals surface area contributed by atoms with Crippen molar-refractivity contribution in [3.8, 4) is 5.75 Å². The van der Waals surface area contributed by atoms with Crippen LogP contribution in [0.3, 0.4) is 0 Å². The van der Waals surface area contributed by atoms with E-state index in [1.54, 1.807) is 6.08 Å². The van der Waals surface area contributed by atoms with E-state index in [-0.39, 0.29) is 17.2 Å². The molecule has 0 N–H and O–H groups in total. The fourth-order valence-corrected chi connectivity index (χ4v) is 6.01. The molecule has 2 amide bonds. The van der Waals surface area contributed by atoms with Crippen molar-refractivity contribution in [2.24, 2.45) is 0 Å². The second-order valence-electron chi connectivity index (χ2n) is 6.50. The minimum Gasteiger partial charge on any atom is -0.487 e. The zero-order chi connectivity index (χ0) is 21.1. The van der Waals surface area contributed by atoms with Crippen LogP contribution in [-0.4, -0.2) is 22.1 Å². The van der Waals surface area contributed by atoms with Gasteiger partial charge in [0, 0.05) is 16.6 Å². The predicted octanol–water partition coefficient (Wildman–Crippen LogP) is 6.96. The molecule has 0 bridgehead atoms. The average Bonchev–Trinajstić information content (AvgIpc) is 2.95. The highest BCUT2D eigenvalue weighted by Crippen LogP contribution is 2.36. The Balaban J connectivity index is 1.81. The smallest absolute Gasteiger partial charge is 0.293 e. The Morgan fingerprint density at radius 1 is 1.21 bits per heavy atom. The molecular formula is C21H18ClI2NO3S. The van der Waals surface area contributed by atoms with E-state index in [9.17, 15) is 9.59 Å². The van der Waals surface area contributed by atoms with Crippen LogP contribution in [0, 0.1) is 7.14 Å². The van der Waals surface area contributed by atoms with Crippen LogP contribution in [0.4, 0.5) is 4.79 Å². The number of rotatable bonds is 6. The van der Waals surface area contributed by atoms with Gasteiger partial charge in [0.1, 0.15) is 12.4 Å². The second-order valence-corrected chi connectivity index (χ2v) is 10.2. The molecule has 0 unspecified atom stereocenters. The topological polar surface area (TPSA) is 46.6 Å². The summed E-state index contributed by atoms with van der Waals surface area (Å²) in [7, 11) is 0. The van der Waals surface area contributed by atoms with Gasteiger partial charge in [-0.25, -0.2) is 0 Å². The maximum absolute atomic E-state index is 12.6. The zero-order valence-electron chi connectivity index (χ0n) is 15.7. The van der Waals surface area contributed by atoms with Gasteiger partial charge in [0.15, 0.2) is 0 Å². The lowest BCUT2D eigenvalue weighted by molar-refractivity contribution is -0.124. The molecule has 0 radical (unpaired) electrons. The molecule has 1 aliphatic heterocycles. The molecule has 0 saturated carbocycles. The highest BCUT2D eigenvalue weighted by molar-refractivity contribution is 14.1. The molecule has 1 aliphatic rings. The molecule has 2 aromatic rings. The van der Waals surface area contributed by atoms with Crippen molar-refractivity contribution in [1.82, 2.24) is 4.90 Å². The van der Waals surface area contributed by atoms with Crippen LogP contribution in [0.25, 0.3) is 6.08 Å². The number of benzene rings is 2. The fourth-order valence-electron chi connectivity index (χ4n) is 2.76. The first-order valence-electron chi connectivity index (χ1n) is 8.94. The van der Waals surface area contributed by atoms with Crippen molar-refractivity contribution in [2.75, 3.05) is 0 Å². The predicted molar refractivity (Wildman–Crippen MR) is 135 cm³/mol. The Labute approximate surface area is 206 Å². The van der Waals surface area contributed by atoms with E-state index < -0.39 is 0 Å². The zero-order valence-corrected chi connectivity index (χ0v) is 21.6. The van der Waals surface area contributed by atoms with Gasteiger partial charge < -0.3 is 4.74 Å². The number of carbonyl (C=O) groups excluding carboxylic acids is 2. The van der Waals surface area contributed by atoms with Crippen molar-refractivity contribution in [1.29, 1.82) is 0 Å². The summed E-state index contributed by atoms with van der Waals surface area (Å²) in [5, 5.41) is 0.464. The molecule has 29 heavy (non-hydrogen) atoms. The Kier molecular flexibility index (Phi) is 7.91. The molecule has 1 atom stereocenters. The molecule has 0 aromatic heterocycles. The lowest BCUT2D eigenvalue weighted by Crippen LogP contribution is -2.36. The summed E-state index contributed by atoms with van der Waals surface area (Å²) in [5.74, 6) is 0.550. The van der Waals surface area contributed by atoms with Gasteiger partial charge in [-0.15, -0.1) is 0 Å². The van der Waals surface area contributed by atoms with Gasteiger partial charge in [-0.2, -0.15) is 0 Å². The molecule has 8 heteroatoms. The maximum atomic E-state index is 12.6. The van der Waals surface area contributed by atoms with Crippen molar-refractivity contribution >= 4 is 85.8 Å². The number of ether oxygens (including phenoxy) is 1. The third kappa shape index (κ3) is 5.29. The van der Waals surface area contributed by atoms with Crippen molar-refractivity contribution in [3.63, 3.8) is 0 Å². The van der Waals surface area contributed by atoms with Crippen LogP contribution in [0.2, 0.25) is 5.02 Å². The third-order valence-corrected chi connectivity index (χ3v) is 7.36. The minimum atomic E-state index is -0.224. The minimum absolute atomic E-state index is 0.103. The Bertz CT molecular complexity index is 973. The standard InChI is InChI=1S/C21H18ClI2NO3S/c1-3-12(2)25-20(26)18(29-21(25)27)10-13-8-16(23)19(17(24)9-13)28-11-14-6-4-5-7-15(14)22/h4-10,12H,3,11H2,1-2H3/b18-10+/t12-/m1/s1. The highest BCUT2D eigenvalue weighted by Gasteiger charge is 2.37. The number of hydrogen-bond acceptors (Lipinski definition) is 4. The molecule has 2 aromatic carbocycles. The van der Waals surface area contributed by atoms with Crippen molar-refractivity contribution < 1.29 is 14.3 Å². The van der Waals surface area contributed by atoms with E-state index in [1.165, 1.54) is 4.90 Å². The first-order chi connectivity index (χ1) is 13.8. The van der Waals surface area contributed by atoms with Crippen molar-refractivity contribution in [3.05, 3.63) is 64.6 Å². The third-order valence-electron chi connectivity index (χ3n) is 4.50. The van der Waals surface area contributed by atoms with E-state index in [2.05, 4.69) is 45.2 Å². The molecule has 152 valence electrons. The van der Waals surface area contributed by atoms with E-state index in [4.69, 9.17) is 16.3 Å². The Hall–Kier alpha value is -0.780. The normalized spacial score (nSPS) is 16.6. The van der Waals surface area contributed by atoms with Crippen LogP contribution in [-0.2, 0) is 11.4 Å². The van der Waals surface area contributed by atoms with Crippen LogP contribution in [0.15, 0.2) is 41.3 Å². The molecule has 0 spiro atoms. The van der Waals surface area contributed by atoms with Crippen LogP contribution in [0.1, 0.15) is 31.4 Å². The van der Waals surface area contributed by atoms with Gasteiger partial charge in [-0.05, 0) is 100 Å². The van der Waals surface area contributed by atoms with E-state index in [1.807, 2.05) is 50.2 Å². The Morgan fingerprint density at radius 2 is 1.86 bits per heavy atom. The quantitative estimate of drug-likeness (QED) is 0.250. The summed E-state index contributed by atoms with van der Waals surface area (Å²) in [6.45, 7) is 4.22. The van der Waals surface area contributed by atoms with Gasteiger partial charge in [-0.3, -0.25) is 14.5 Å². The van der Waals surface area contributed by atoms with Gasteiger partial charge in [0.25, 0.3) is 11.1 Å². The summed E-state index contributed by atoms with van der Waals surface area (Å²) in [5.41, 5.74) is 1.78. The van der Waals surface area contributed by atoms with E-state index >= 15 is 0 Å². The summed E-state index contributed by atoms with van der Waals surface area (Å²) in [4.78, 5) is 26.6. The number of nitrogens with zero attached hydrogens (tertiary/aromatic N) is 1.